The van der Waals surface area contributed by atoms with Gasteiger partial charge in [-0.25, -0.2) is 9.97 Å². The Labute approximate surface area is 227 Å². The Morgan fingerprint density at radius 2 is 1.74 bits per heavy atom. The Morgan fingerprint density at radius 1 is 1.08 bits per heavy atom. The van der Waals surface area contributed by atoms with Crippen LogP contribution in [0.4, 0.5) is 11.5 Å². The van der Waals surface area contributed by atoms with E-state index in [1.807, 2.05) is 60.1 Å². The number of methoxy groups -OCH3 is 1. The van der Waals surface area contributed by atoms with E-state index in [4.69, 9.17) is 10.5 Å². The summed E-state index contributed by atoms with van der Waals surface area (Å²) in [5.74, 6) is 0.0212. The van der Waals surface area contributed by atoms with Crippen LogP contribution in [0.25, 0.3) is 33.4 Å². The largest absolute Gasteiger partial charge is 0.383 e. The van der Waals surface area contributed by atoms with Crippen LogP contribution in [0.3, 0.4) is 0 Å². The Bertz CT molecular complexity index is 1570. The Kier molecular flexibility index (Phi) is 6.93. The van der Waals surface area contributed by atoms with Crippen molar-refractivity contribution >= 4 is 34.4 Å². The third kappa shape index (κ3) is 4.88. The highest BCUT2D eigenvalue weighted by Gasteiger charge is 2.38. The maximum Gasteiger partial charge on any atom is 0.251 e. The molecule has 5 rings (SSSR count). The summed E-state index contributed by atoms with van der Waals surface area (Å²) >= 11 is 0. The minimum absolute atomic E-state index is 0.119. The Hall–Kier alpha value is -4.50. The summed E-state index contributed by atoms with van der Waals surface area (Å²) in [6, 6.07) is 15.0. The van der Waals surface area contributed by atoms with Crippen LogP contribution in [0.15, 0.2) is 67.0 Å². The van der Waals surface area contributed by atoms with E-state index in [0.29, 0.717) is 34.9 Å². The fourth-order valence-corrected chi connectivity index (χ4v) is 5.13. The molecule has 39 heavy (non-hydrogen) atoms. The number of carbonyl (C=O) groups is 2. The topological polar surface area (TPSA) is 124 Å². The van der Waals surface area contributed by atoms with Gasteiger partial charge in [0.05, 0.1) is 23.2 Å². The first-order valence-corrected chi connectivity index (χ1v) is 12.8. The van der Waals surface area contributed by atoms with Gasteiger partial charge in [0.2, 0.25) is 0 Å². The molecule has 1 saturated carbocycles. The Morgan fingerprint density at radius 3 is 2.33 bits per heavy atom. The van der Waals surface area contributed by atoms with Gasteiger partial charge in [-0.1, -0.05) is 30.8 Å². The second-order valence-electron chi connectivity index (χ2n) is 10.2. The highest BCUT2D eigenvalue weighted by molar-refractivity contribution is 6.08. The third-order valence-corrected chi connectivity index (χ3v) is 7.35. The van der Waals surface area contributed by atoms with Crippen molar-refractivity contribution in [1.82, 2.24) is 19.9 Å². The van der Waals surface area contributed by atoms with Crippen LogP contribution < -0.4 is 16.4 Å². The molecule has 0 aliphatic heterocycles. The lowest BCUT2D eigenvalue weighted by atomic mass is 9.77. The van der Waals surface area contributed by atoms with Crippen molar-refractivity contribution < 1.29 is 14.3 Å². The molecule has 2 amide bonds. The van der Waals surface area contributed by atoms with Crippen LogP contribution >= 0.6 is 0 Å². The van der Waals surface area contributed by atoms with Gasteiger partial charge in [0.1, 0.15) is 17.8 Å². The van der Waals surface area contributed by atoms with Crippen molar-refractivity contribution in [3.8, 4) is 22.4 Å². The van der Waals surface area contributed by atoms with Crippen molar-refractivity contribution in [3.63, 3.8) is 0 Å². The van der Waals surface area contributed by atoms with Gasteiger partial charge in [-0.05, 0) is 61.6 Å². The summed E-state index contributed by atoms with van der Waals surface area (Å²) in [7, 11) is 3.59. The summed E-state index contributed by atoms with van der Waals surface area (Å²) in [4.78, 5) is 33.8. The van der Waals surface area contributed by atoms with E-state index in [1.54, 1.807) is 14.0 Å². The maximum atomic E-state index is 13.0. The molecule has 2 heterocycles. The quantitative estimate of drug-likeness (QED) is 0.287. The normalized spacial score (nSPS) is 14.0. The summed E-state index contributed by atoms with van der Waals surface area (Å²) in [6.07, 6.45) is 4.36. The van der Waals surface area contributed by atoms with E-state index in [9.17, 15) is 9.59 Å². The molecule has 0 atom stereocenters. The van der Waals surface area contributed by atoms with Gasteiger partial charge < -0.3 is 25.7 Å². The number of aromatic nitrogens is 3. The lowest BCUT2D eigenvalue weighted by Crippen LogP contribution is -2.56. The summed E-state index contributed by atoms with van der Waals surface area (Å²) in [6.45, 7) is 5.85. The van der Waals surface area contributed by atoms with Crippen molar-refractivity contribution in [2.45, 2.75) is 31.7 Å². The first-order chi connectivity index (χ1) is 18.7. The number of carbonyl (C=O) groups excluding carboxylic acids is 2. The third-order valence-electron chi connectivity index (χ3n) is 7.35. The molecular formula is C30H32N6O3. The summed E-state index contributed by atoms with van der Waals surface area (Å²) in [5.41, 5.74) is 12.0. The number of hydrogen-bond donors (Lipinski definition) is 3. The predicted molar refractivity (Wildman–Crippen MR) is 153 cm³/mol. The molecule has 1 fully saturated rings. The van der Waals surface area contributed by atoms with E-state index < -0.39 is 0 Å². The van der Waals surface area contributed by atoms with Crippen LogP contribution in [-0.2, 0) is 16.6 Å². The number of aryl methyl sites for hydroxylation is 1. The first kappa shape index (κ1) is 26.1. The molecule has 2 aromatic heterocycles. The fraction of sp³-hybridized carbons (Fsp3) is 0.267. The molecule has 0 saturated heterocycles. The van der Waals surface area contributed by atoms with Crippen LogP contribution in [0.2, 0.25) is 0 Å². The lowest BCUT2D eigenvalue weighted by Gasteiger charge is -2.41. The molecule has 0 bridgehead atoms. The van der Waals surface area contributed by atoms with Gasteiger partial charge in [-0.2, -0.15) is 0 Å². The zero-order chi connectivity index (χ0) is 27.7. The van der Waals surface area contributed by atoms with E-state index >= 15 is 0 Å². The molecule has 4 N–H and O–H groups in total. The van der Waals surface area contributed by atoms with Gasteiger partial charge in [0.15, 0.2) is 0 Å². The number of nitrogens with one attached hydrogen (secondary N) is 2. The predicted octanol–water partition coefficient (Wildman–Crippen LogP) is 4.70. The molecule has 0 spiro atoms. The second kappa shape index (κ2) is 10.3. The summed E-state index contributed by atoms with van der Waals surface area (Å²) < 4.78 is 7.33. The molecule has 1 aliphatic rings. The monoisotopic (exact) mass is 524 g/mol. The zero-order valence-corrected chi connectivity index (χ0v) is 22.4. The number of fused-ring (bicyclic) bond motifs is 1. The average Bonchev–Trinajstić information content (AvgIpc) is 3.21. The van der Waals surface area contributed by atoms with Gasteiger partial charge in [-0.15, -0.1) is 0 Å². The van der Waals surface area contributed by atoms with E-state index in [2.05, 4.69) is 27.2 Å². The molecule has 2 aromatic carbocycles. The van der Waals surface area contributed by atoms with Gasteiger partial charge in [0.25, 0.3) is 11.8 Å². The molecule has 0 unspecified atom stereocenters. The van der Waals surface area contributed by atoms with Crippen molar-refractivity contribution in [3.05, 3.63) is 72.6 Å². The van der Waals surface area contributed by atoms with Crippen LogP contribution in [0.1, 0.15) is 36.5 Å². The smallest absolute Gasteiger partial charge is 0.251 e. The second-order valence-corrected chi connectivity index (χ2v) is 10.2. The minimum Gasteiger partial charge on any atom is -0.383 e. The van der Waals surface area contributed by atoms with E-state index in [1.165, 1.54) is 6.33 Å². The standard InChI is InChI=1S/C30H32N6O3/c1-18(2)28(37)34-22-12-10-20(11-13-22)25-23(24-26(31)32-17-33-27(24)36(25)3)19-6-8-21(9-7-19)29(38)35-30(16-39-4)14-5-15-30/h6-13,17H,1,5,14-16H2,2-4H3,(H,34,37)(H,35,38)(H2,31,32,33). The number of hydrogen-bond acceptors (Lipinski definition) is 6. The van der Waals surface area contributed by atoms with Crippen molar-refractivity contribution in [1.29, 1.82) is 0 Å². The van der Waals surface area contributed by atoms with Crippen LogP contribution in [-0.4, -0.2) is 45.6 Å². The molecule has 0 radical (unpaired) electrons. The Balaban J connectivity index is 1.53. The molecule has 200 valence electrons. The highest BCUT2D eigenvalue weighted by atomic mass is 16.5. The molecule has 9 nitrogen and oxygen atoms in total. The SMILES string of the molecule is C=C(C)C(=O)Nc1ccc(-c2c(-c3ccc(C(=O)NC4(COC)CCC4)cc3)c3c(N)ncnc3n2C)cc1. The zero-order valence-electron chi connectivity index (χ0n) is 22.4. The first-order valence-electron chi connectivity index (χ1n) is 12.8. The van der Waals surface area contributed by atoms with Crippen molar-refractivity contribution in [2.75, 3.05) is 24.8 Å². The molecule has 9 heteroatoms. The van der Waals surface area contributed by atoms with E-state index in [0.717, 1.165) is 47.0 Å². The highest BCUT2D eigenvalue weighted by Crippen LogP contribution is 2.42. The molecule has 1 aliphatic carbocycles. The number of anilines is 2. The number of nitrogens with zero attached hydrogens (tertiary/aromatic N) is 3. The minimum atomic E-state index is -0.283. The molecular weight excluding hydrogens is 492 g/mol. The van der Waals surface area contributed by atoms with Crippen molar-refractivity contribution in [2.24, 2.45) is 7.05 Å². The lowest BCUT2D eigenvalue weighted by molar-refractivity contribution is -0.112. The average molecular weight is 525 g/mol. The number of rotatable bonds is 8. The fourth-order valence-electron chi connectivity index (χ4n) is 5.13. The number of benzene rings is 2. The maximum absolute atomic E-state index is 13.0. The number of nitrogens with two attached hydrogens (primary N) is 1. The van der Waals surface area contributed by atoms with Crippen LogP contribution in [0.5, 0.6) is 0 Å². The van der Waals surface area contributed by atoms with Gasteiger partial charge >= 0.3 is 0 Å². The molecule has 4 aromatic rings. The van der Waals surface area contributed by atoms with Gasteiger partial charge in [-0.3, -0.25) is 9.59 Å². The van der Waals surface area contributed by atoms with Gasteiger partial charge in [0, 0.05) is 36.5 Å². The number of nitrogen functional groups attached to an aromatic ring is 1. The summed E-state index contributed by atoms with van der Waals surface area (Å²) in [5, 5.41) is 6.74. The van der Waals surface area contributed by atoms with E-state index in [-0.39, 0.29) is 17.4 Å². The number of amides is 2. The number of ether oxygens (including phenoxy) is 1. The van der Waals surface area contributed by atoms with Crippen LogP contribution in [0, 0.1) is 0 Å².